The summed E-state index contributed by atoms with van der Waals surface area (Å²) >= 11 is 6.19. The zero-order valence-electron chi connectivity index (χ0n) is 21.9. The van der Waals surface area contributed by atoms with Crippen molar-refractivity contribution in [3.63, 3.8) is 0 Å². The van der Waals surface area contributed by atoms with Crippen LogP contribution in [0, 0.1) is 0 Å². The van der Waals surface area contributed by atoms with E-state index in [1.54, 1.807) is 62.3 Å². The smallest absolute Gasteiger partial charge is 0.258 e. The maximum absolute atomic E-state index is 13.2. The van der Waals surface area contributed by atoms with Crippen molar-refractivity contribution in [1.29, 1.82) is 0 Å². The molecule has 1 aliphatic heterocycles. The van der Waals surface area contributed by atoms with E-state index in [0.717, 1.165) is 9.87 Å². The second kappa shape index (κ2) is 12.1. The second-order valence-corrected chi connectivity index (χ2v) is 11.1. The Morgan fingerprint density at radius 1 is 1.05 bits per heavy atom. The Balaban J connectivity index is 1.47. The van der Waals surface area contributed by atoms with Gasteiger partial charge in [-0.3, -0.25) is 9.59 Å². The summed E-state index contributed by atoms with van der Waals surface area (Å²) in [6, 6.07) is 16.4. The van der Waals surface area contributed by atoms with Gasteiger partial charge in [-0.2, -0.15) is 4.31 Å². The van der Waals surface area contributed by atoms with Crippen LogP contribution >= 0.6 is 11.6 Å². The lowest BCUT2D eigenvalue weighted by Crippen LogP contribution is -2.37. The predicted octanol–water partition coefficient (Wildman–Crippen LogP) is 4.60. The third-order valence-electron chi connectivity index (χ3n) is 6.36. The number of carbonyl (C=O) groups is 2. The lowest BCUT2D eigenvalue weighted by molar-refractivity contribution is -0.116. The summed E-state index contributed by atoms with van der Waals surface area (Å²) in [6.45, 7) is 4.05. The van der Waals surface area contributed by atoms with Crippen LogP contribution in [-0.2, 0) is 21.2 Å². The number of anilines is 2. The van der Waals surface area contributed by atoms with Gasteiger partial charge in [0.15, 0.2) is 0 Å². The summed E-state index contributed by atoms with van der Waals surface area (Å²) in [5, 5.41) is 2.94. The minimum atomic E-state index is -3.99. The SMILES string of the molecule is CCOc1ccc(S(=O)(=O)N(CC)CC(=O)Nc2ccc3c(c2)N(C(=O)c2ccc(OC)cc2)CC3)cc1Cl. The largest absolute Gasteiger partial charge is 0.497 e. The van der Waals surface area contributed by atoms with E-state index in [0.29, 0.717) is 48.0 Å². The summed E-state index contributed by atoms with van der Waals surface area (Å²) in [5.41, 5.74) is 2.68. The molecule has 1 aliphatic rings. The Kier molecular flexibility index (Phi) is 8.79. The van der Waals surface area contributed by atoms with Gasteiger partial charge in [0, 0.05) is 30.0 Å². The topological polar surface area (TPSA) is 105 Å². The van der Waals surface area contributed by atoms with Crippen molar-refractivity contribution < 1.29 is 27.5 Å². The summed E-state index contributed by atoms with van der Waals surface area (Å²) in [5.74, 6) is 0.378. The average molecular weight is 572 g/mol. The first-order chi connectivity index (χ1) is 18.7. The molecule has 3 aromatic rings. The molecule has 0 saturated heterocycles. The number of hydrogen-bond donors (Lipinski definition) is 1. The Morgan fingerprint density at radius 3 is 2.44 bits per heavy atom. The minimum Gasteiger partial charge on any atom is -0.497 e. The Bertz CT molecular complexity index is 1480. The molecule has 1 N–H and O–H groups in total. The Labute approximate surface area is 233 Å². The lowest BCUT2D eigenvalue weighted by atomic mass is 10.1. The minimum absolute atomic E-state index is 0.0316. The van der Waals surface area contributed by atoms with Gasteiger partial charge in [0.2, 0.25) is 15.9 Å². The third-order valence-corrected chi connectivity index (χ3v) is 8.57. The predicted molar refractivity (Wildman–Crippen MR) is 150 cm³/mol. The monoisotopic (exact) mass is 571 g/mol. The molecule has 1 heterocycles. The molecule has 0 spiro atoms. The number of methoxy groups -OCH3 is 1. The zero-order valence-corrected chi connectivity index (χ0v) is 23.5. The highest BCUT2D eigenvalue weighted by molar-refractivity contribution is 7.89. The van der Waals surface area contributed by atoms with Gasteiger partial charge in [0.1, 0.15) is 11.5 Å². The van der Waals surface area contributed by atoms with Gasteiger partial charge < -0.3 is 19.7 Å². The number of amides is 2. The van der Waals surface area contributed by atoms with Gasteiger partial charge in [0.05, 0.1) is 30.2 Å². The molecule has 3 aromatic carbocycles. The van der Waals surface area contributed by atoms with Gasteiger partial charge >= 0.3 is 0 Å². The van der Waals surface area contributed by atoms with Gasteiger partial charge in [-0.1, -0.05) is 24.6 Å². The summed E-state index contributed by atoms with van der Waals surface area (Å²) in [7, 11) is -2.42. The number of likely N-dealkylation sites (N-methyl/N-ethyl adjacent to an activating group) is 1. The number of nitrogens with one attached hydrogen (secondary N) is 1. The van der Waals surface area contributed by atoms with Crippen molar-refractivity contribution in [3.8, 4) is 11.5 Å². The molecule has 0 aromatic heterocycles. The molecule has 0 aliphatic carbocycles. The molecule has 0 fully saturated rings. The first kappa shape index (κ1) is 28.4. The van der Waals surface area contributed by atoms with E-state index in [1.165, 1.54) is 18.2 Å². The van der Waals surface area contributed by atoms with E-state index < -0.39 is 22.5 Å². The van der Waals surface area contributed by atoms with E-state index >= 15 is 0 Å². The molecule has 0 saturated carbocycles. The number of carbonyl (C=O) groups excluding carboxylic acids is 2. The van der Waals surface area contributed by atoms with Crippen molar-refractivity contribution in [2.24, 2.45) is 0 Å². The van der Waals surface area contributed by atoms with Crippen LogP contribution in [-0.4, -0.2) is 57.9 Å². The number of sulfonamides is 1. The molecule has 206 valence electrons. The maximum Gasteiger partial charge on any atom is 0.258 e. The molecule has 9 nitrogen and oxygen atoms in total. The average Bonchev–Trinajstić information content (AvgIpc) is 3.35. The fourth-order valence-corrected chi connectivity index (χ4v) is 6.08. The van der Waals surface area contributed by atoms with E-state index in [2.05, 4.69) is 5.32 Å². The van der Waals surface area contributed by atoms with Crippen LogP contribution in [0.15, 0.2) is 65.6 Å². The zero-order chi connectivity index (χ0) is 28.2. The molecule has 0 unspecified atom stereocenters. The van der Waals surface area contributed by atoms with Crippen molar-refractivity contribution >= 4 is 44.8 Å². The van der Waals surface area contributed by atoms with Gasteiger partial charge in [-0.15, -0.1) is 0 Å². The summed E-state index contributed by atoms with van der Waals surface area (Å²) < 4.78 is 38.0. The molecular weight excluding hydrogens is 542 g/mol. The van der Waals surface area contributed by atoms with Crippen molar-refractivity contribution in [1.82, 2.24) is 4.31 Å². The van der Waals surface area contributed by atoms with Gasteiger partial charge in [-0.25, -0.2) is 8.42 Å². The number of ether oxygens (including phenoxy) is 2. The van der Waals surface area contributed by atoms with Crippen LogP contribution in [0.1, 0.15) is 29.8 Å². The van der Waals surface area contributed by atoms with Crippen LogP contribution in [0.3, 0.4) is 0 Å². The summed E-state index contributed by atoms with van der Waals surface area (Å²) in [4.78, 5) is 27.7. The molecule has 0 bridgehead atoms. The first-order valence-electron chi connectivity index (χ1n) is 12.5. The number of rotatable bonds is 10. The highest BCUT2D eigenvalue weighted by atomic mass is 35.5. The molecular formula is C28H30ClN3O6S. The number of nitrogens with zero attached hydrogens (tertiary/aromatic N) is 2. The lowest BCUT2D eigenvalue weighted by Gasteiger charge is -2.21. The summed E-state index contributed by atoms with van der Waals surface area (Å²) in [6.07, 6.45) is 0.692. The normalized spacial score (nSPS) is 12.8. The van der Waals surface area contributed by atoms with Crippen molar-refractivity contribution in [2.75, 3.05) is 43.6 Å². The van der Waals surface area contributed by atoms with Crippen LogP contribution in [0.25, 0.3) is 0 Å². The Morgan fingerprint density at radius 2 is 1.79 bits per heavy atom. The number of fused-ring (bicyclic) bond motifs is 1. The van der Waals surface area contributed by atoms with Crippen LogP contribution < -0.4 is 19.7 Å². The van der Waals surface area contributed by atoms with Crippen molar-refractivity contribution in [2.45, 2.75) is 25.2 Å². The van der Waals surface area contributed by atoms with E-state index in [1.807, 2.05) is 6.07 Å². The molecule has 0 atom stereocenters. The van der Waals surface area contributed by atoms with Crippen LogP contribution in [0.5, 0.6) is 11.5 Å². The molecule has 4 rings (SSSR count). The number of hydrogen-bond acceptors (Lipinski definition) is 6. The van der Waals surface area contributed by atoms with E-state index in [4.69, 9.17) is 21.1 Å². The molecule has 11 heteroatoms. The van der Waals surface area contributed by atoms with E-state index in [-0.39, 0.29) is 22.4 Å². The second-order valence-electron chi connectivity index (χ2n) is 8.78. The fraction of sp³-hybridized carbons (Fsp3) is 0.286. The van der Waals surface area contributed by atoms with Gasteiger partial charge in [-0.05, 0) is 73.5 Å². The number of benzene rings is 3. The highest BCUT2D eigenvalue weighted by Gasteiger charge is 2.28. The molecule has 0 radical (unpaired) electrons. The highest BCUT2D eigenvalue weighted by Crippen LogP contribution is 2.33. The quantitative estimate of drug-likeness (QED) is 0.381. The van der Waals surface area contributed by atoms with Crippen LogP contribution in [0.4, 0.5) is 11.4 Å². The maximum atomic E-state index is 13.2. The van der Waals surface area contributed by atoms with Crippen LogP contribution in [0.2, 0.25) is 5.02 Å². The first-order valence-corrected chi connectivity index (χ1v) is 14.3. The van der Waals surface area contributed by atoms with Gasteiger partial charge in [0.25, 0.3) is 5.91 Å². The number of halogens is 1. The Hall–Kier alpha value is -3.60. The van der Waals surface area contributed by atoms with Crippen molar-refractivity contribution in [3.05, 3.63) is 76.8 Å². The fourth-order valence-electron chi connectivity index (χ4n) is 4.35. The molecule has 2 amide bonds. The third kappa shape index (κ3) is 6.19. The molecule has 39 heavy (non-hydrogen) atoms. The van der Waals surface area contributed by atoms with E-state index in [9.17, 15) is 18.0 Å². The standard InChI is InChI=1S/C28H30ClN3O6S/c1-4-31(39(35,36)23-12-13-26(38-5-2)24(29)17-23)18-27(33)30-21-9-6-19-14-15-32(25(19)16-21)28(34)20-7-10-22(37-3)11-8-20/h6-13,16-17H,4-5,14-15,18H2,1-3H3,(H,30,33).